The molecular formula is C26H31N3O7. The molecule has 0 atom stereocenters. The summed E-state index contributed by atoms with van der Waals surface area (Å²) in [5.41, 5.74) is 6.61. The van der Waals surface area contributed by atoms with E-state index in [1.165, 1.54) is 7.11 Å². The zero-order chi connectivity index (χ0) is 26.5. The summed E-state index contributed by atoms with van der Waals surface area (Å²) in [6, 6.07) is 9.99. The Bertz CT molecular complexity index is 1270. The van der Waals surface area contributed by atoms with Gasteiger partial charge in [0.1, 0.15) is 17.9 Å². The highest BCUT2D eigenvalue weighted by molar-refractivity contribution is 6.06. The Kier molecular flexibility index (Phi) is 8.21. The van der Waals surface area contributed by atoms with Gasteiger partial charge in [0.2, 0.25) is 0 Å². The summed E-state index contributed by atoms with van der Waals surface area (Å²) >= 11 is 0. The van der Waals surface area contributed by atoms with Crippen molar-refractivity contribution in [1.82, 2.24) is 10.3 Å². The molecule has 0 unspecified atom stereocenters. The lowest BCUT2D eigenvalue weighted by molar-refractivity contribution is 0.0696. The number of fused-ring (bicyclic) bond motifs is 1. The number of anilines is 1. The number of nitrogens with one attached hydrogen (secondary N) is 1. The Morgan fingerprint density at radius 3 is 2.53 bits per heavy atom. The van der Waals surface area contributed by atoms with E-state index in [4.69, 9.17) is 25.1 Å². The molecule has 192 valence electrons. The molecule has 36 heavy (non-hydrogen) atoms. The second-order valence-corrected chi connectivity index (χ2v) is 8.86. The number of aromatic carboxylic acids is 1. The monoisotopic (exact) mass is 497 g/mol. The number of nitrogens with two attached hydrogens (primary N) is 1. The number of nitrogens with zero attached hydrogens (tertiary/aromatic N) is 1. The third-order valence-corrected chi connectivity index (χ3v) is 5.43. The summed E-state index contributed by atoms with van der Waals surface area (Å²) in [7, 11) is 1.48. The number of ether oxygens (including phenoxy) is 3. The molecule has 0 aliphatic heterocycles. The van der Waals surface area contributed by atoms with E-state index in [0.29, 0.717) is 52.4 Å². The minimum Gasteiger partial charge on any atom is -0.493 e. The maximum absolute atomic E-state index is 12.9. The van der Waals surface area contributed by atoms with Crippen molar-refractivity contribution in [2.45, 2.75) is 32.7 Å². The van der Waals surface area contributed by atoms with Crippen LogP contribution in [0.25, 0.3) is 10.9 Å². The third kappa shape index (κ3) is 5.95. The molecule has 0 saturated carbocycles. The number of hydrogen-bond acceptors (Lipinski definition) is 8. The standard InChI is InChI=1S/C26H31N3O7/c1-15-21(25(32)33)23(27)22-17(28-15)7-5-8-19(22)36-14-26(2,3)29-24(31)16-9-10-18(20(13-16)34-4)35-12-6-11-30/h5,7-10,13,30H,6,11-12,14H2,1-4H3,(H2,27,28)(H,29,31)(H,32,33). The van der Waals surface area contributed by atoms with Crippen LogP contribution in [0.15, 0.2) is 36.4 Å². The van der Waals surface area contributed by atoms with Gasteiger partial charge < -0.3 is 35.5 Å². The third-order valence-electron chi connectivity index (χ3n) is 5.43. The fourth-order valence-electron chi connectivity index (χ4n) is 3.68. The molecule has 3 rings (SSSR count). The van der Waals surface area contributed by atoms with Gasteiger partial charge in [-0.15, -0.1) is 0 Å². The van der Waals surface area contributed by atoms with Crippen LogP contribution in [0.3, 0.4) is 0 Å². The zero-order valence-corrected chi connectivity index (χ0v) is 20.8. The van der Waals surface area contributed by atoms with Crippen molar-refractivity contribution in [2.75, 3.05) is 32.7 Å². The first-order valence-corrected chi connectivity index (χ1v) is 11.4. The van der Waals surface area contributed by atoms with Crippen molar-refractivity contribution in [3.63, 3.8) is 0 Å². The van der Waals surface area contributed by atoms with Crippen LogP contribution >= 0.6 is 0 Å². The molecule has 0 aliphatic carbocycles. The number of aliphatic hydroxyl groups excluding tert-OH is 1. The van der Waals surface area contributed by atoms with Crippen LogP contribution in [0, 0.1) is 6.92 Å². The number of carbonyl (C=O) groups is 2. The highest BCUT2D eigenvalue weighted by Gasteiger charge is 2.25. The van der Waals surface area contributed by atoms with Crippen LogP contribution in [0.5, 0.6) is 17.2 Å². The van der Waals surface area contributed by atoms with Crippen LogP contribution < -0.4 is 25.3 Å². The Hall–Kier alpha value is -4.05. The van der Waals surface area contributed by atoms with Gasteiger partial charge in [-0.3, -0.25) is 9.78 Å². The first-order chi connectivity index (χ1) is 17.1. The second kappa shape index (κ2) is 11.1. The van der Waals surface area contributed by atoms with Crippen LogP contribution in [-0.2, 0) is 0 Å². The number of carboxylic acid groups (broad SMARTS) is 1. The summed E-state index contributed by atoms with van der Waals surface area (Å²) in [6.07, 6.45) is 0.481. The molecule has 0 radical (unpaired) electrons. The SMILES string of the molecule is COc1cc(C(=O)NC(C)(C)COc2cccc3nc(C)c(C(=O)O)c(N)c23)ccc1OCCCO. The molecule has 0 aliphatic rings. The predicted octanol–water partition coefficient (Wildman–Crippen LogP) is 3.18. The van der Waals surface area contributed by atoms with Crippen molar-refractivity contribution in [3.8, 4) is 17.2 Å². The fraction of sp³-hybridized carbons (Fsp3) is 0.346. The van der Waals surface area contributed by atoms with Gasteiger partial charge in [-0.05, 0) is 51.1 Å². The maximum Gasteiger partial charge on any atom is 0.339 e. The van der Waals surface area contributed by atoms with E-state index in [1.54, 1.807) is 57.2 Å². The number of carbonyl (C=O) groups excluding carboxylic acids is 1. The molecule has 0 spiro atoms. The highest BCUT2D eigenvalue weighted by atomic mass is 16.5. The van der Waals surface area contributed by atoms with E-state index in [9.17, 15) is 14.7 Å². The van der Waals surface area contributed by atoms with Crippen LogP contribution in [0.1, 0.15) is 46.7 Å². The highest BCUT2D eigenvalue weighted by Crippen LogP contribution is 2.34. The topological polar surface area (TPSA) is 153 Å². The minimum atomic E-state index is -1.16. The Labute approximate surface area is 209 Å². The van der Waals surface area contributed by atoms with Crippen molar-refractivity contribution in [1.29, 1.82) is 0 Å². The lowest BCUT2D eigenvalue weighted by Gasteiger charge is -2.27. The van der Waals surface area contributed by atoms with Crippen LogP contribution in [0.4, 0.5) is 5.69 Å². The van der Waals surface area contributed by atoms with E-state index in [1.807, 2.05) is 0 Å². The van der Waals surface area contributed by atoms with Gasteiger partial charge in [0.05, 0.1) is 41.5 Å². The van der Waals surface area contributed by atoms with E-state index < -0.39 is 11.5 Å². The average Bonchev–Trinajstić information content (AvgIpc) is 2.82. The number of aromatic nitrogens is 1. The average molecular weight is 498 g/mol. The first-order valence-electron chi connectivity index (χ1n) is 11.4. The van der Waals surface area contributed by atoms with Crippen molar-refractivity contribution >= 4 is 28.5 Å². The summed E-state index contributed by atoms with van der Waals surface area (Å²) in [5, 5.41) is 21.8. The number of methoxy groups -OCH3 is 1. The molecule has 0 saturated heterocycles. The molecular weight excluding hydrogens is 466 g/mol. The normalized spacial score (nSPS) is 11.2. The molecule has 2 aromatic carbocycles. The molecule has 1 heterocycles. The van der Waals surface area contributed by atoms with Crippen molar-refractivity contribution in [2.24, 2.45) is 0 Å². The molecule has 1 aromatic heterocycles. The quantitative estimate of drug-likeness (QED) is 0.293. The number of nitrogen functional groups attached to an aromatic ring is 1. The molecule has 10 heteroatoms. The van der Waals surface area contributed by atoms with Gasteiger partial charge in [0, 0.05) is 18.6 Å². The van der Waals surface area contributed by atoms with Crippen LogP contribution in [-0.4, -0.2) is 59.5 Å². The lowest BCUT2D eigenvalue weighted by Crippen LogP contribution is -2.47. The molecule has 3 aromatic rings. The largest absolute Gasteiger partial charge is 0.493 e. The van der Waals surface area contributed by atoms with Crippen molar-refractivity contribution in [3.05, 3.63) is 53.2 Å². The summed E-state index contributed by atoms with van der Waals surface area (Å²) < 4.78 is 16.9. The van der Waals surface area contributed by atoms with Gasteiger partial charge in [0.15, 0.2) is 11.5 Å². The second-order valence-electron chi connectivity index (χ2n) is 8.86. The zero-order valence-electron chi connectivity index (χ0n) is 20.8. The summed E-state index contributed by atoms with van der Waals surface area (Å²) in [4.78, 5) is 29.0. The van der Waals surface area contributed by atoms with Crippen molar-refractivity contribution < 1.29 is 34.0 Å². The Morgan fingerprint density at radius 2 is 1.86 bits per heavy atom. The number of pyridine rings is 1. The smallest absolute Gasteiger partial charge is 0.339 e. The Morgan fingerprint density at radius 1 is 1.11 bits per heavy atom. The van der Waals surface area contributed by atoms with Gasteiger partial charge in [-0.2, -0.15) is 0 Å². The van der Waals surface area contributed by atoms with Gasteiger partial charge in [0.25, 0.3) is 5.91 Å². The summed E-state index contributed by atoms with van der Waals surface area (Å²) in [5.74, 6) is -0.261. The Balaban J connectivity index is 1.76. The lowest BCUT2D eigenvalue weighted by atomic mass is 10.0. The number of rotatable bonds is 11. The number of hydrogen-bond donors (Lipinski definition) is 4. The number of amides is 1. The molecule has 0 bridgehead atoms. The summed E-state index contributed by atoms with van der Waals surface area (Å²) in [6.45, 7) is 5.61. The molecule has 10 nitrogen and oxygen atoms in total. The predicted molar refractivity (Wildman–Crippen MR) is 135 cm³/mol. The van der Waals surface area contributed by atoms with E-state index in [-0.39, 0.29) is 30.4 Å². The maximum atomic E-state index is 12.9. The van der Waals surface area contributed by atoms with E-state index in [0.717, 1.165) is 0 Å². The fourth-order valence-corrected chi connectivity index (χ4v) is 3.68. The minimum absolute atomic E-state index is 0.0161. The molecule has 0 fully saturated rings. The van der Waals surface area contributed by atoms with Gasteiger partial charge in [-0.25, -0.2) is 4.79 Å². The number of benzene rings is 2. The van der Waals surface area contributed by atoms with E-state index >= 15 is 0 Å². The number of aryl methyl sites for hydroxylation is 1. The number of carboxylic acids is 1. The molecule has 5 N–H and O–H groups in total. The first kappa shape index (κ1) is 26.6. The number of aliphatic hydroxyl groups is 1. The van der Waals surface area contributed by atoms with Gasteiger partial charge in [-0.1, -0.05) is 6.07 Å². The van der Waals surface area contributed by atoms with Gasteiger partial charge >= 0.3 is 5.97 Å². The van der Waals surface area contributed by atoms with E-state index in [2.05, 4.69) is 10.3 Å². The van der Waals surface area contributed by atoms with Crippen LogP contribution in [0.2, 0.25) is 0 Å². The molecule has 1 amide bonds.